The number of amides is 1. The van der Waals surface area contributed by atoms with Crippen LogP contribution >= 0.6 is 0 Å². The van der Waals surface area contributed by atoms with Gasteiger partial charge in [0.1, 0.15) is 5.82 Å². The summed E-state index contributed by atoms with van der Waals surface area (Å²) in [6.45, 7) is 5.25. The molecule has 5 nitrogen and oxygen atoms in total. The smallest absolute Gasteiger partial charge is 0.306 e. The normalized spacial score (nSPS) is 15.4. The van der Waals surface area contributed by atoms with Gasteiger partial charge in [-0.05, 0) is 73.4 Å². The van der Waals surface area contributed by atoms with Crippen molar-refractivity contribution >= 4 is 17.6 Å². The molecule has 4 rings (SSSR count). The second kappa shape index (κ2) is 11.0. The number of carboxylic acids is 1. The first-order valence-corrected chi connectivity index (χ1v) is 12.6. The number of halogens is 1. The van der Waals surface area contributed by atoms with Crippen molar-refractivity contribution in [3.8, 4) is 11.1 Å². The van der Waals surface area contributed by atoms with Crippen molar-refractivity contribution in [2.24, 2.45) is 11.8 Å². The summed E-state index contributed by atoms with van der Waals surface area (Å²) in [5.41, 5.74) is 5.40. The average Bonchev–Trinajstić information content (AvgIpc) is 3.38. The van der Waals surface area contributed by atoms with Gasteiger partial charge < -0.3 is 10.4 Å². The van der Waals surface area contributed by atoms with E-state index < -0.39 is 11.9 Å². The summed E-state index contributed by atoms with van der Waals surface area (Å²) in [6.07, 6.45) is 6.30. The van der Waals surface area contributed by atoms with Gasteiger partial charge in [0.05, 0.1) is 17.5 Å². The quantitative estimate of drug-likeness (QED) is 0.371. The van der Waals surface area contributed by atoms with Crippen LogP contribution in [0.25, 0.3) is 11.1 Å². The van der Waals surface area contributed by atoms with Gasteiger partial charge >= 0.3 is 5.97 Å². The first-order chi connectivity index (χ1) is 17.2. The SMILES string of the molecule is Cc1ncc(-c2ccc([C@@H](C(=O)Nc3cccc(C[C@H](C)C(=O)O)c3C)C3CCCC3)cc2)cc1F. The van der Waals surface area contributed by atoms with Crippen LogP contribution in [0.1, 0.15) is 60.9 Å². The molecule has 0 saturated heterocycles. The minimum atomic E-state index is -0.835. The molecule has 6 heteroatoms. The maximum Gasteiger partial charge on any atom is 0.306 e. The third-order valence-corrected chi connectivity index (χ3v) is 7.43. The van der Waals surface area contributed by atoms with Crippen molar-refractivity contribution < 1.29 is 19.1 Å². The predicted molar refractivity (Wildman–Crippen MR) is 139 cm³/mol. The van der Waals surface area contributed by atoms with Gasteiger partial charge in [-0.2, -0.15) is 0 Å². The third-order valence-electron chi connectivity index (χ3n) is 7.43. The Labute approximate surface area is 211 Å². The largest absolute Gasteiger partial charge is 0.481 e. The van der Waals surface area contributed by atoms with E-state index in [9.17, 15) is 19.1 Å². The number of benzene rings is 2. The van der Waals surface area contributed by atoms with E-state index in [1.165, 1.54) is 6.07 Å². The molecule has 36 heavy (non-hydrogen) atoms. The van der Waals surface area contributed by atoms with Crippen molar-refractivity contribution in [1.82, 2.24) is 4.98 Å². The molecule has 0 bridgehead atoms. The molecule has 0 unspecified atom stereocenters. The Morgan fingerprint density at radius 3 is 2.42 bits per heavy atom. The molecular weight excluding hydrogens is 455 g/mol. The molecule has 2 N–H and O–H groups in total. The van der Waals surface area contributed by atoms with E-state index in [0.29, 0.717) is 17.7 Å². The highest BCUT2D eigenvalue weighted by molar-refractivity contribution is 5.97. The van der Waals surface area contributed by atoms with Crippen molar-refractivity contribution in [2.75, 3.05) is 5.32 Å². The fraction of sp³-hybridized carbons (Fsp3) is 0.367. The number of hydrogen-bond donors (Lipinski definition) is 2. The van der Waals surface area contributed by atoms with E-state index in [-0.39, 0.29) is 23.6 Å². The second-order valence-corrected chi connectivity index (χ2v) is 9.96. The number of rotatable bonds is 8. The molecule has 1 saturated carbocycles. The van der Waals surface area contributed by atoms with Crippen molar-refractivity contribution in [2.45, 2.75) is 58.8 Å². The summed E-state index contributed by atoms with van der Waals surface area (Å²) in [4.78, 5) is 29.1. The lowest BCUT2D eigenvalue weighted by Crippen LogP contribution is -2.27. The highest BCUT2D eigenvalue weighted by Crippen LogP contribution is 2.39. The lowest BCUT2D eigenvalue weighted by Gasteiger charge is -2.24. The van der Waals surface area contributed by atoms with Gasteiger partial charge in [-0.25, -0.2) is 4.39 Å². The van der Waals surface area contributed by atoms with Gasteiger partial charge in [0.25, 0.3) is 0 Å². The number of nitrogens with one attached hydrogen (secondary N) is 1. The Hall–Kier alpha value is -3.54. The summed E-state index contributed by atoms with van der Waals surface area (Å²) in [5.74, 6) is -1.77. The van der Waals surface area contributed by atoms with E-state index in [4.69, 9.17) is 0 Å². The maximum atomic E-state index is 14.0. The Morgan fingerprint density at radius 2 is 1.78 bits per heavy atom. The van der Waals surface area contributed by atoms with Gasteiger partial charge in [-0.15, -0.1) is 0 Å². The molecule has 188 valence electrons. The van der Waals surface area contributed by atoms with Crippen LogP contribution in [0.15, 0.2) is 54.7 Å². The third kappa shape index (κ3) is 5.64. The maximum absolute atomic E-state index is 14.0. The van der Waals surface area contributed by atoms with Gasteiger partial charge in [0.2, 0.25) is 5.91 Å². The van der Waals surface area contributed by atoms with Crippen LogP contribution in [-0.4, -0.2) is 22.0 Å². The minimum absolute atomic E-state index is 0.0516. The molecular formula is C30H33FN2O3. The topological polar surface area (TPSA) is 79.3 Å². The van der Waals surface area contributed by atoms with Crippen LogP contribution in [0.2, 0.25) is 0 Å². The molecule has 1 aliphatic rings. The first-order valence-electron chi connectivity index (χ1n) is 12.6. The summed E-state index contributed by atoms with van der Waals surface area (Å²) in [5, 5.41) is 12.4. The Morgan fingerprint density at radius 1 is 1.08 bits per heavy atom. The lowest BCUT2D eigenvalue weighted by molar-refractivity contribution is -0.141. The zero-order chi connectivity index (χ0) is 25.8. The first kappa shape index (κ1) is 25.5. The lowest BCUT2D eigenvalue weighted by atomic mass is 9.83. The monoisotopic (exact) mass is 488 g/mol. The Kier molecular flexibility index (Phi) is 7.82. The van der Waals surface area contributed by atoms with Crippen LogP contribution in [0.3, 0.4) is 0 Å². The van der Waals surface area contributed by atoms with Gasteiger partial charge in [0.15, 0.2) is 0 Å². The molecule has 0 spiro atoms. The van der Waals surface area contributed by atoms with Crippen molar-refractivity contribution in [3.05, 3.63) is 82.9 Å². The molecule has 1 heterocycles. The van der Waals surface area contributed by atoms with Crippen LogP contribution in [0, 0.1) is 31.5 Å². The van der Waals surface area contributed by atoms with Crippen LogP contribution in [0.4, 0.5) is 10.1 Å². The number of carboxylic acid groups (broad SMARTS) is 1. The van der Waals surface area contributed by atoms with E-state index in [2.05, 4.69) is 10.3 Å². The summed E-state index contributed by atoms with van der Waals surface area (Å²) in [7, 11) is 0. The van der Waals surface area contributed by atoms with Gasteiger partial charge in [-0.3, -0.25) is 14.6 Å². The molecule has 0 radical (unpaired) electrons. The van der Waals surface area contributed by atoms with Crippen molar-refractivity contribution in [3.63, 3.8) is 0 Å². The van der Waals surface area contributed by atoms with E-state index in [0.717, 1.165) is 53.6 Å². The fourth-order valence-electron chi connectivity index (χ4n) is 5.14. The predicted octanol–water partition coefficient (Wildman–Crippen LogP) is 6.68. The zero-order valence-electron chi connectivity index (χ0n) is 21.1. The number of aryl methyl sites for hydroxylation is 1. The number of carbonyl (C=O) groups is 2. The zero-order valence-corrected chi connectivity index (χ0v) is 21.1. The number of aromatic nitrogens is 1. The summed E-state index contributed by atoms with van der Waals surface area (Å²) < 4.78 is 14.0. The van der Waals surface area contributed by atoms with Gasteiger partial charge in [-0.1, -0.05) is 56.2 Å². The fourth-order valence-corrected chi connectivity index (χ4v) is 5.14. The molecule has 3 aromatic rings. The Bertz CT molecular complexity index is 1250. The van der Waals surface area contributed by atoms with Crippen LogP contribution in [0.5, 0.6) is 0 Å². The van der Waals surface area contributed by atoms with Crippen LogP contribution < -0.4 is 5.32 Å². The van der Waals surface area contributed by atoms with Crippen molar-refractivity contribution in [1.29, 1.82) is 0 Å². The minimum Gasteiger partial charge on any atom is -0.481 e. The van der Waals surface area contributed by atoms with Gasteiger partial charge in [0, 0.05) is 17.4 Å². The standard InChI is InChI=1S/C30H33FN2O3/c1-18(30(35)36)15-24-9-6-10-27(19(24)2)33-29(34)28(22-7-4-5-8-22)23-13-11-21(12-14-23)25-16-26(31)20(3)32-17-25/h6,9-14,16-18,22,28H,4-5,7-8,15H2,1-3H3,(H,33,34)(H,35,36)/t18-,28-/m0/s1. The van der Waals surface area contributed by atoms with Crippen LogP contribution in [-0.2, 0) is 16.0 Å². The number of pyridine rings is 1. The summed E-state index contributed by atoms with van der Waals surface area (Å²) >= 11 is 0. The second-order valence-electron chi connectivity index (χ2n) is 9.96. The number of hydrogen-bond acceptors (Lipinski definition) is 3. The highest BCUT2D eigenvalue weighted by atomic mass is 19.1. The highest BCUT2D eigenvalue weighted by Gasteiger charge is 2.32. The number of nitrogens with zero attached hydrogens (tertiary/aromatic N) is 1. The molecule has 1 amide bonds. The molecule has 0 aliphatic heterocycles. The molecule has 2 aromatic carbocycles. The van der Waals surface area contributed by atoms with E-state index in [1.807, 2.05) is 49.4 Å². The number of anilines is 1. The number of carbonyl (C=O) groups excluding carboxylic acids is 1. The van der Waals surface area contributed by atoms with E-state index in [1.54, 1.807) is 20.0 Å². The summed E-state index contributed by atoms with van der Waals surface area (Å²) in [6, 6.07) is 14.9. The van der Waals surface area contributed by atoms with E-state index >= 15 is 0 Å². The molecule has 1 aromatic heterocycles. The average molecular weight is 489 g/mol. The Balaban J connectivity index is 1.59. The molecule has 1 fully saturated rings. The number of aliphatic carboxylic acids is 1. The molecule has 1 aliphatic carbocycles. The molecule has 2 atom stereocenters.